The zero-order valence-corrected chi connectivity index (χ0v) is 24.4. The van der Waals surface area contributed by atoms with Gasteiger partial charge < -0.3 is 38.0 Å². The lowest BCUT2D eigenvalue weighted by Crippen LogP contribution is -3.00. The van der Waals surface area contributed by atoms with Crippen LogP contribution in [0.15, 0.2) is 36.7 Å². The average Bonchev–Trinajstić information content (AvgIpc) is 2.88. The number of ether oxygens (including phenoxy) is 1. The molecule has 0 spiro atoms. The zero-order valence-electron chi connectivity index (χ0n) is 23.7. The summed E-state index contributed by atoms with van der Waals surface area (Å²) in [5.41, 5.74) is -1.42. The van der Waals surface area contributed by atoms with Crippen LogP contribution < -0.4 is 28.4 Å². The third kappa shape index (κ3) is 11.7. The first-order valence-corrected chi connectivity index (χ1v) is 13.5. The maximum absolute atomic E-state index is 12.7. The van der Waals surface area contributed by atoms with E-state index in [1.807, 2.05) is 0 Å². The van der Waals surface area contributed by atoms with Gasteiger partial charge in [-0.1, -0.05) is 0 Å². The Morgan fingerprint density at radius 3 is 1.67 bits per heavy atom. The van der Waals surface area contributed by atoms with Gasteiger partial charge in [0.1, 0.15) is 17.0 Å². The molecule has 0 aliphatic carbocycles. The van der Waals surface area contributed by atoms with Crippen molar-refractivity contribution >= 4 is 17.5 Å². The number of alkyl halides is 6. The molecule has 2 aromatic heterocycles. The molecule has 8 nitrogen and oxygen atoms in total. The van der Waals surface area contributed by atoms with Crippen molar-refractivity contribution in [3.05, 3.63) is 48.0 Å². The Labute approximate surface area is 247 Å². The highest BCUT2D eigenvalue weighted by molar-refractivity contribution is 5.68. The summed E-state index contributed by atoms with van der Waals surface area (Å²) in [7, 11) is 0. The van der Waals surface area contributed by atoms with E-state index >= 15 is 0 Å². The van der Waals surface area contributed by atoms with Gasteiger partial charge in [-0.15, -0.1) is 0 Å². The Morgan fingerprint density at radius 2 is 1.26 bits per heavy atom. The molecule has 0 unspecified atom stereocenters. The second kappa shape index (κ2) is 14.9. The summed E-state index contributed by atoms with van der Waals surface area (Å²) in [5, 5.41) is 8.43. The number of hydrogen-bond donors (Lipinski definition) is 3. The monoisotopic (exact) mass is 626 g/mol. The number of piperidine rings is 2. The highest BCUT2D eigenvalue weighted by Crippen LogP contribution is 2.30. The lowest BCUT2D eigenvalue weighted by molar-refractivity contribution is -0.662. The van der Waals surface area contributed by atoms with E-state index in [-0.39, 0.29) is 30.6 Å². The third-order valence-electron chi connectivity index (χ3n) is 6.43. The first-order chi connectivity index (χ1) is 19.1. The first-order valence-electron chi connectivity index (χ1n) is 13.5. The molecule has 2 aliphatic rings. The molecule has 0 aromatic carbocycles. The van der Waals surface area contributed by atoms with Gasteiger partial charge in [-0.3, -0.25) is 9.97 Å². The van der Waals surface area contributed by atoms with Gasteiger partial charge in [0.15, 0.2) is 0 Å². The SMILES string of the molecule is CC(C)(C)OC(=O)N1CCC(Nc2ccnc(C(F)(F)F)c2)CC1.FC(F)(F)c1cc(NC2CC[NH2+]CC2)ccn1.[Cl-]. The van der Waals surface area contributed by atoms with Crippen molar-refractivity contribution in [3.63, 3.8) is 0 Å². The van der Waals surface area contributed by atoms with E-state index in [9.17, 15) is 31.1 Å². The maximum atomic E-state index is 12.7. The van der Waals surface area contributed by atoms with E-state index in [0.717, 1.165) is 44.3 Å². The molecule has 4 rings (SSSR count). The summed E-state index contributed by atoms with van der Waals surface area (Å²) in [6, 6.07) is 5.43. The summed E-state index contributed by atoms with van der Waals surface area (Å²) in [4.78, 5) is 20.3. The molecule has 15 heteroatoms. The van der Waals surface area contributed by atoms with Crippen molar-refractivity contribution in [1.82, 2.24) is 14.9 Å². The Morgan fingerprint density at radius 1 is 0.833 bits per heavy atom. The Kier molecular flexibility index (Phi) is 12.5. The molecule has 1 amide bonds. The van der Waals surface area contributed by atoms with Gasteiger partial charge in [0.2, 0.25) is 0 Å². The number of nitrogens with zero attached hydrogens (tertiary/aromatic N) is 3. The fraction of sp³-hybridized carbons (Fsp3) is 0.593. The lowest BCUT2D eigenvalue weighted by Gasteiger charge is -2.34. The van der Waals surface area contributed by atoms with Crippen LogP contribution in [0.4, 0.5) is 42.5 Å². The highest BCUT2D eigenvalue weighted by atomic mass is 35.5. The van der Waals surface area contributed by atoms with Gasteiger partial charge in [-0.05, 0) is 57.9 Å². The fourth-order valence-electron chi connectivity index (χ4n) is 4.43. The third-order valence-corrected chi connectivity index (χ3v) is 6.43. The van der Waals surface area contributed by atoms with E-state index < -0.39 is 29.3 Å². The summed E-state index contributed by atoms with van der Waals surface area (Å²) in [6.07, 6.45) is -3.62. The molecule has 42 heavy (non-hydrogen) atoms. The van der Waals surface area contributed by atoms with Crippen molar-refractivity contribution in [3.8, 4) is 0 Å². The van der Waals surface area contributed by atoms with Crippen LogP contribution in [0.5, 0.6) is 0 Å². The van der Waals surface area contributed by atoms with Gasteiger partial charge in [-0.2, -0.15) is 26.3 Å². The zero-order chi connectivity index (χ0) is 30.3. The number of likely N-dealkylation sites (tertiary alicyclic amines) is 1. The van der Waals surface area contributed by atoms with Crippen molar-refractivity contribution in [1.29, 1.82) is 0 Å². The number of aromatic nitrogens is 2. The second-order valence-electron chi connectivity index (χ2n) is 11.0. The van der Waals surface area contributed by atoms with Crippen LogP contribution in [0.3, 0.4) is 0 Å². The number of halogens is 7. The van der Waals surface area contributed by atoms with E-state index in [2.05, 4.69) is 25.9 Å². The number of hydrogen-bond acceptors (Lipinski definition) is 6. The number of nitrogens with one attached hydrogen (secondary N) is 2. The largest absolute Gasteiger partial charge is 1.00 e. The smallest absolute Gasteiger partial charge is 0.433 e. The van der Waals surface area contributed by atoms with Crippen molar-refractivity contribution in [2.45, 2.75) is 76.5 Å². The summed E-state index contributed by atoms with van der Waals surface area (Å²) in [6.45, 7) is 8.47. The van der Waals surface area contributed by atoms with Crippen LogP contribution >= 0.6 is 0 Å². The van der Waals surface area contributed by atoms with E-state index in [0.29, 0.717) is 37.3 Å². The van der Waals surface area contributed by atoms with Crippen LogP contribution in [-0.4, -0.2) is 64.8 Å². The van der Waals surface area contributed by atoms with Crippen molar-refractivity contribution in [2.75, 3.05) is 36.8 Å². The predicted molar refractivity (Wildman–Crippen MR) is 141 cm³/mol. The number of rotatable bonds is 4. The number of anilines is 2. The number of carbonyl (C=O) groups excluding carboxylic acids is 1. The quantitative estimate of drug-likeness (QED) is 0.451. The van der Waals surface area contributed by atoms with E-state index in [1.165, 1.54) is 12.3 Å². The highest BCUT2D eigenvalue weighted by Gasteiger charge is 2.34. The van der Waals surface area contributed by atoms with Crippen LogP contribution in [0, 0.1) is 0 Å². The maximum Gasteiger partial charge on any atom is 0.433 e. The number of pyridine rings is 2. The molecule has 2 aliphatic heterocycles. The minimum Gasteiger partial charge on any atom is -1.00 e. The molecule has 0 bridgehead atoms. The molecular formula is C27H37ClF6N6O2. The molecule has 0 saturated carbocycles. The van der Waals surface area contributed by atoms with Gasteiger partial charge >= 0.3 is 18.4 Å². The number of quaternary nitrogens is 1. The van der Waals surface area contributed by atoms with Crippen LogP contribution in [0.25, 0.3) is 0 Å². The summed E-state index contributed by atoms with van der Waals surface area (Å²) in [5.74, 6) is 0. The standard InChI is InChI=1S/C16H22F3N3O2.C11H14F3N3.ClH/c1-15(2,3)24-14(23)22-8-5-11(6-9-22)21-12-4-7-20-13(10-12)16(17,18)19;12-11(13,14)10-7-9(3-6-16-10)17-8-1-4-15-5-2-8;/h4,7,10-11H,5-6,8-9H2,1-3H3,(H,20,21);3,6-8,15H,1-2,4-5H2,(H,16,17);1H. The lowest BCUT2D eigenvalue weighted by atomic mass is 10.0. The van der Waals surface area contributed by atoms with Crippen LogP contribution in [-0.2, 0) is 17.1 Å². The Balaban J connectivity index is 0.000000302. The van der Waals surface area contributed by atoms with E-state index in [1.54, 1.807) is 31.7 Å². The number of amides is 1. The molecule has 4 heterocycles. The van der Waals surface area contributed by atoms with Crippen molar-refractivity contribution < 1.29 is 53.6 Å². The molecule has 236 valence electrons. The molecule has 0 radical (unpaired) electrons. The van der Waals surface area contributed by atoms with Crippen LogP contribution in [0.1, 0.15) is 57.8 Å². The first kappa shape index (κ1) is 35.2. The average molecular weight is 627 g/mol. The second-order valence-corrected chi connectivity index (χ2v) is 11.0. The fourth-order valence-corrected chi connectivity index (χ4v) is 4.43. The minimum absolute atomic E-state index is 0. The predicted octanol–water partition coefficient (Wildman–Crippen LogP) is 2.15. The summed E-state index contributed by atoms with van der Waals surface area (Å²) < 4.78 is 80.7. The van der Waals surface area contributed by atoms with E-state index in [4.69, 9.17) is 4.74 Å². The molecule has 2 saturated heterocycles. The molecule has 0 atom stereocenters. The van der Waals surface area contributed by atoms with Crippen molar-refractivity contribution in [2.24, 2.45) is 0 Å². The molecule has 2 aromatic rings. The van der Waals surface area contributed by atoms with Gasteiger partial charge in [0.05, 0.1) is 13.1 Å². The number of nitrogens with two attached hydrogens (primary N) is 1. The van der Waals surface area contributed by atoms with Gasteiger partial charge in [0.25, 0.3) is 0 Å². The normalized spacial score (nSPS) is 16.9. The summed E-state index contributed by atoms with van der Waals surface area (Å²) >= 11 is 0. The minimum atomic E-state index is -4.46. The van der Waals surface area contributed by atoms with Gasteiger partial charge in [-0.25, -0.2) is 4.79 Å². The Hall–Kier alpha value is -3.00. The molecule has 2 fully saturated rings. The number of carbonyl (C=O) groups is 1. The topological polar surface area (TPSA) is 96.0 Å². The molecule has 4 N–H and O–H groups in total. The Bertz CT molecular complexity index is 1130. The van der Waals surface area contributed by atoms with Crippen LogP contribution in [0.2, 0.25) is 0 Å². The van der Waals surface area contributed by atoms with Gasteiger partial charge in [0, 0.05) is 61.8 Å². The molecular weight excluding hydrogens is 590 g/mol.